The molecule has 0 bridgehead atoms. The number of benzene rings is 1. The van der Waals surface area contributed by atoms with Gasteiger partial charge in [0.05, 0.1) is 16.0 Å². The zero-order valence-corrected chi connectivity index (χ0v) is 17.4. The minimum Gasteiger partial charge on any atom is -0.357 e. The highest BCUT2D eigenvalue weighted by molar-refractivity contribution is 8.02. The molecule has 1 aliphatic rings. The fourth-order valence-electron chi connectivity index (χ4n) is 2.77. The first kappa shape index (κ1) is 19.7. The Balaban J connectivity index is 1.53. The summed E-state index contributed by atoms with van der Waals surface area (Å²) < 4.78 is 0.771. The van der Waals surface area contributed by atoms with Gasteiger partial charge in [-0.3, -0.25) is 4.79 Å². The molecule has 9 heteroatoms. The Hall–Kier alpha value is -1.02. The monoisotopic (exact) mass is 430 g/mol. The van der Waals surface area contributed by atoms with Crippen molar-refractivity contribution in [1.82, 2.24) is 10.2 Å². The molecule has 1 atom stereocenters. The van der Waals surface area contributed by atoms with Gasteiger partial charge in [-0.15, -0.1) is 10.2 Å². The van der Waals surface area contributed by atoms with Crippen LogP contribution < -0.4 is 10.6 Å². The maximum absolute atomic E-state index is 12.4. The van der Waals surface area contributed by atoms with Crippen LogP contribution in [0.4, 0.5) is 10.8 Å². The molecule has 5 nitrogen and oxygen atoms in total. The van der Waals surface area contributed by atoms with Crippen molar-refractivity contribution in [3.8, 4) is 0 Å². The number of anilines is 2. The van der Waals surface area contributed by atoms with Crippen molar-refractivity contribution >= 4 is 63.0 Å². The summed E-state index contributed by atoms with van der Waals surface area (Å²) in [5, 5.41) is 16.1. The highest BCUT2D eigenvalue weighted by atomic mass is 35.5. The molecule has 1 heterocycles. The van der Waals surface area contributed by atoms with E-state index in [2.05, 4.69) is 20.8 Å². The van der Waals surface area contributed by atoms with E-state index in [1.165, 1.54) is 55.2 Å². The summed E-state index contributed by atoms with van der Waals surface area (Å²) in [5.41, 5.74) is 0.547. The van der Waals surface area contributed by atoms with Gasteiger partial charge in [-0.2, -0.15) is 0 Å². The van der Waals surface area contributed by atoms with Crippen LogP contribution >= 0.6 is 46.3 Å². The number of carbonyl (C=O) groups excluding carboxylic acids is 1. The summed E-state index contributed by atoms with van der Waals surface area (Å²) in [6.07, 6.45) is 6.22. The Labute approximate surface area is 171 Å². The van der Waals surface area contributed by atoms with E-state index >= 15 is 0 Å². The average molecular weight is 431 g/mol. The minimum atomic E-state index is -0.322. The number of carbonyl (C=O) groups is 1. The molecule has 1 aromatic carbocycles. The number of aromatic nitrogens is 2. The van der Waals surface area contributed by atoms with Crippen LogP contribution in [0.15, 0.2) is 22.5 Å². The van der Waals surface area contributed by atoms with Gasteiger partial charge in [0.15, 0.2) is 4.34 Å². The molecule has 1 fully saturated rings. The number of hydrogen-bond acceptors (Lipinski definition) is 6. The van der Waals surface area contributed by atoms with Gasteiger partial charge in [-0.05, 0) is 38.0 Å². The van der Waals surface area contributed by atoms with Gasteiger partial charge in [0, 0.05) is 11.1 Å². The quantitative estimate of drug-likeness (QED) is 0.574. The second-order valence-electron chi connectivity index (χ2n) is 6.23. The maximum atomic E-state index is 12.4. The van der Waals surface area contributed by atoms with E-state index in [0.717, 1.165) is 9.47 Å². The Kier molecular flexibility index (Phi) is 7.03. The molecule has 140 valence electrons. The molecule has 0 aliphatic heterocycles. The molecule has 0 saturated heterocycles. The summed E-state index contributed by atoms with van der Waals surface area (Å²) in [7, 11) is 0. The van der Waals surface area contributed by atoms with Crippen molar-refractivity contribution in [3.63, 3.8) is 0 Å². The zero-order chi connectivity index (χ0) is 18.5. The van der Waals surface area contributed by atoms with Crippen molar-refractivity contribution in [1.29, 1.82) is 0 Å². The Morgan fingerprint density at radius 3 is 2.77 bits per heavy atom. The van der Waals surface area contributed by atoms with Crippen LogP contribution in [-0.4, -0.2) is 27.4 Å². The van der Waals surface area contributed by atoms with Gasteiger partial charge in [0.25, 0.3) is 0 Å². The lowest BCUT2D eigenvalue weighted by molar-refractivity contribution is -0.115. The highest BCUT2D eigenvalue weighted by Gasteiger charge is 2.20. The van der Waals surface area contributed by atoms with Crippen molar-refractivity contribution in [2.24, 2.45) is 0 Å². The molecule has 1 aliphatic carbocycles. The van der Waals surface area contributed by atoms with Crippen LogP contribution in [0.1, 0.15) is 39.0 Å². The first-order valence-corrected chi connectivity index (χ1v) is 11.0. The normalized spacial score (nSPS) is 16.3. The van der Waals surface area contributed by atoms with Crippen molar-refractivity contribution in [3.05, 3.63) is 28.2 Å². The average Bonchev–Trinajstić information content (AvgIpc) is 3.05. The molecule has 1 unspecified atom stereocenters. The van der Waals surface area contributed by atoms with Crippen LogP contribution in [0.2, 0.25) is 10.0 Å². The van der Waals surface area contributed by atoms with E-state index in [1.807, 2.05) is 6.92 Å². The number of halogens is 2. The number of hydrogen-bond donors (Lipinski definition) is 2. The standard InChI is InChI=1S/C17H20Cl2N4OS2/c1-10(15(24)21-14-8-7-11(18)9-13(14)19)25-17-23-22-16(26-17)20-12-5-3-2-4-6-12/h7-10,12H,2-6H2,1H3,(H,20,22)(H,21,24). The fourth-order valence-corrected chi connectivity index (χ4v) is 5.20. The number of amides is 1. The molecule has 1 saturated carbocycles. The highest BCUT2D eigenvalue weighted by Crippen LogP contribution is 2.32. The largest absolute Gasteiger partial charge is 0.357 e. The number of thioether (sulfide) groups is 1. The SMILES string of the molecule is CC(Sc1nnc(NC2CCCCC2)s1)C(=O)Nc1ccc(Cl)cc1Cl. The summed E-state index contributed by atoms with van der Waals surface area (Å²) in [5.74, 6) is -0.142. The van der Waals surface area contributed by atoms with Gasteiger partial charge in [-0.25, -0.2) is 0 Å². The summed E-state index contributed by atoms with van der Waals surface area (Å²) in [6, 6.07) is 5.47. The first-order chi connectivity index (χ1) is 12.5. The lowest BCUT2D eigenvalue weighted by Gasteiger charge is -2.21. The lowest BCUT2D eigenvalue weighted by atomic mass is 9.96. The topological polar surface area (TPSA) is 66.9 Å². The fraction of sp³-hybridized carbons (Fsp3) is 0.471. The predicted molar refractivity (Wildman–Crippen MR) is 111 cm³/mol. The van der Waals surface area contributed by atoms with Crippen LogP contribution in [0.5, 0.6) is 0 Å². The molecule has 0 radical (unpaired) electrons. The molecule has 3 rings (SSSR count). The number of nitrogens with zero attached hydrogens (tertiary/aromatic N) is 2. The van der Waals surface area contributed by atoms with E-state index in [1.54, 1.807) is 18.2 Å². The number of nitrogens with one attached hydrogen (secondary N) is 2. The molecule has 26 heavy (non-hydrogen) atoms. The predicted octanol–water partition coefficient (Wildman–Crippen LogP) is 5.71. The molecule has 2 N–H and O–H groups in total. The minimum absolute atomic E-state index is 0.142. The maximum Gasteiger partial charge on any atom is 0.237 e. The summed E-state index contributed by atoms with van der Waals surface area (Å²) in [4.78, 5) is 12.4. The Bertz CT molecular complexity index is 765. The van der Waals surface area contributed by atoms with Gasteiger partial charge in [0.2, 0.25) is 11.0 Å². The van der Waals surface area contributed by atoms with Gasteiger partial charge < -0.3 is 10.6 Å². The lowest BCUT2D eigenvalue weighted by Crippen LogP contribution is -2.22. The van der Waals surface area contributed by atoms with Crippen LogP contribution in [-0.2, 0) is 4.79 Å². The Morgan fingerprint density at radius 2 is 2.04 bits per heavy atom. The van der Waals surface area contributed by atoms with Crippen molar-refractivity contribution in [2.45, 2.75) is 54.7 Å². The number of rotatable bonds is 6. The van der Waals surface area contributed by atoms with E-state index in [9.17, 15) is 4.79 Å². The van der Waals surface area contributed by atoms with Gasteiger partial charge in [-0.1, -0.05) is 65.6 Å². The second-order valence-corrected chi connectivity index (χ2v) is 9.63. The van der Waals surface area contributed by atoms with E-state index in [0.29, 0.717) is 21.8 Å². The first-order valence-electron chi connectivity index (χ1n) is 8.54. The van der Waals surface area contributed by atoms with Crippen molar-refractivity contribution in [2.75, 3.05) is 10.6 Å². The molecular weight excluding hydrogens is 411 g/mol. The molecule has 1 amide bonds. The van der Waals surface area contributed by atoms with Gasteiger partial charge in [0.1, 0.15) is 0 Å². The van der Waals surface area contributed by atoms with Crippen LogP contribution in [0.25, 0.3) is 0 Å². The zero-order valence-electron chi connectivity index (χ0n) is 14.3. The summed E-state index contributed by atoms with van der Waals surface area (Å²) >= 11 is 14.9. The molecular formula is C17H20Cl2N4OS2. The Morgan fingerprint density at radius 1 is 1.27 bits per heavy atom. The third kappa shape index (κ3) is 5.49. The molecule has 0 spiro atoms. The smallest absolute Gasteiger partial charge is 0.237 e. The van der Waals surface area contributed by atoms with Gasteiger partial charge >= 0.3 is 0 Å². The molecule has 1 aromatic heterocycles. The van der Waals surface area contributed by atoms with E-state index in [-0.39, 0.29) is 11.2 Å². The summed E-state index contributed by atoms with van der Waals surface area (Å²) in [6.45, 7) is 1.83. The van der Waals surface area contributed by atoms with Crippen LogP contribution in [0.3, 0.4) is 0 Å². The van der Waals surface area contributed by atoms with Crippen LogP contribution in [0, 0.1) is 0 Å². The third-order valence-corrected chi connectivity index (χ3v) is 6.76. The third-order valence-electron chi connectivity index (χ3n) is 4.18. The second kappa shape index (κ2) is 9.26. The van der Waals surface area contributed by atoms with E-state index in [4.69, 9.17) is 23.2 Å². The molecule has 2 aromatic rings. The van der Waals surface area contributed by atoms with E-state index < -0.39 is 0 Å². The van der Waals surface area contributed by atoms with Crippen molar-refractivity contribution < 1.29 is 4.79 Å².